The van der Waals surface area contributed by atoms with Gasteiger partial charge in [0.2, 0.25) is 10.0 Å². The summed E-state index contributed by atoms with van der Waals surface area (Å²) in [6.07, 6.45) is 0. The molecule has 12 heavy (non-hydrogen) atoms. The second-order valence-electron chi connectivity index (χ2n) is 1.81. The maximum atomic E-state index is 11.0. The van der Waals surface area contributed by atoms with Gasteiger partial charge < -0.3 is 0 Å². The molecule has 0 rings (SSSR count). The number of nitrogens with zero attached hydrogens (tertiary/aromatic N) is 3. The van der Waals surface area contributed by atoms with E-state index in [1.165, 1.54) is 0 Å². The van der Waals surface area contributed by atoms with Crippen molar-refractivity contribution < 1.29 is 8.42 Å². The fraction of sp³-hybridized carbons (Fsp3) is 0.600. The highest BCUT2D eigenvalue weighted by molar-refractivity contribution is 7.90. The Kier molecular flexibility index (Phi) is 4.60. The van der Waals surface area contributed by atoms with Crippen molar-refractivity contribution in [2.24, 2.45) is 0 Å². The Morgan fingerprint density at radius 3 is 1.92 bits per heavy atom. The van der Waals surface area contributed by atoms with Crippen LogP contribution >= 0.6 is 11.6 Å². The van der Waals surface area contributed by atoms with Gasteiger partial charge in [-0.15, -0.1) is 11.6 Å². The highest BCUT2D eigenvalue weighted by atomic mass is 35.5. The van der Waals surface area contributed by atoms with E-state index in [2.05, 4.69) is 0 Å². The summed E-state index contributed by atoms with van der Waals surface area (Å²) in [7, 11) is -3.63. The van der Waals surface area contributed by atoms with Crippen LogP contribution in [-0.4, -0.2) is 31.0 Å². The molecule has 0 saturated heterocycles. The highest BCUT2D eigenvalue weighted by Gasteiger charge is 2.19. The van der Waals surface area contributed by atoms with Crippen LogP contribution in [0, 0.1) is 22.7 Å². The Balaban J connectivity index is 4.55. The number of rotatable bonds is 4. The Bertz CT molecular complexity index is 297. The maximum Gasteiger partial charge on any atom is 0.230 e. The van der Waals surface area contributed by atoms with Gasteiger partial charge in [-0.1, -0.05) is 0 Å². The van der Waals surface area contributed by atoms with Crippen molar-refractivity contribution in [3.05, 3.63) is 0 Å². The molecule has 0 aliphatic rings. The third-order valence-corrected chi connectivity index (χ3v) is 3.17. The first-order valence-corrected chi connectivity index (χ1v) is 5.00. The van der Waals surface area contributed by atoms with Gasteiger partial charge in [-0.05, 0) is 0 Å². The van der Waals surface area contributed by atoms with E-state index in [0.717, 1.165) is 4.31 Å². The van der Waals surface area contributed by atoms with Gasteiger partial charge in [0.25, 0.3) is 0 Å². The molecule has 0 unspecified atom stereocenters. The summed E-state index contributed by atoms with van der Waals surface area (Å²) in [4.78, 5) is 0. The first-order valence-electron chi connectivity index (χ1n) is 2.86. The van der Waals surface area contributed by atoms with Gasteiger partial charge in [0.05, 0.1) is 12.1 Å². The second kappa shape index (κ2) is 4.94. The van der Waals surface area contributed by atoms with Crippen LogP contribution in [0.25, 0.3) is 0 Å². The predicted molar refractivity (Wildman–Crippen MR) is 42.4 cm³/mol. The number of sulfonamides is 1. The second-order valence-corrected chi connectivity index (χ2v) is 4.36. The molecule has 66 valence electrons. The Morgan fingerprint density at radius 1 is 1.25 bits per heavy atom. The van der Waals surface area contributed by atoms with E-state index >= 15 is 0 Å². The van der Waals surface area contributed by atoms with Crippen LogP contribution in [-0.2, 0) is 10.0 Å². The minimum atomic E-state index is -3.63. The predicted octanol–water partition coefficient (Wildman–Crippen LogP) is -0.138. The van der Waals surface area contributed by atoms with Crippen molar-refractivity contribution in [3.8, 4) is 12.1 Å². The molecule has 7 heteroatoms. The average molecular weight is 208 g/mol. The van der Waals surface area contributed by atoms with Crippen LogP contribution < -0.4 is 0 Å². The van der Waals surface area contributed by atoms with Gasteiger partial charge >= 0.3 is 0 Å². The lowest BCUT2D eigenvalue weighted by Gasteiger charge is -2.12. The minimum Gasteiger partial charge on any atom is -0.211 e. The quantitative estimate of drug-likeness (QED) is 0.475. The van der Waals surface area contributed by atoms with Crippen molar-refractivity contribution in [2.75, 3.05) is 18.3 Å². The van der Waals surface area contributed by atoms with Crippen LogP contribution in [0.5, 0.6) is 0 Å². The largest absolute Gasteiger partial charge is 0.230 e. The molecule has 0 heterocycles. The molecular formula is C5H6ClN3O2S. The molecule has 0 bridgehead atoms. The lowest BCUT2D eigenvalue weighted by atomic mass is 10.6. The number of nitriles is 2. The van der Waals surface area contributed by atoms with Gasteiger partial charge in [-0.2, -0.15) is 14.8 Å². The summed E-state index contributed by atoms with van der Waals surface area (Å²) in [5.41, 5.74) is 0. The summed E-state index contributed by atoms with van der Waals surface area (Å²) in [6, 6.07) is 3.26. The van der Waals surface area contributed by atoms with Crippen LogP contribution in [0.3, 0.4) is 0 Å². The molecule has 0 aromatic carbocycles. The third-order valence-electron chi connectivity index (χ3n) is 1.03. The van der Waals surface area contributed by atoms with Crippen LogP contribution in [0.1, 0.15) is 0 Å². The van der Waals surface area contributed by atoms with Crippen LogP contribution in [0.15, 0.2) is 0 Å². The first kappa shape index (κ1) is 11.2. The summed E-state index contributed by atoms with van der Waals surface area (Å²) in [6.45, 7) is -0.689. The van der Waals surface area contributed by atoms with E-state index < -0.39 is 15.2 Å². The highest BCUT2D eigenvalue weighted by Crippen LogP contribution is 2.01. The molecule has 0 aliphatic heterocycles. The molecule has 0 amide bonds. The van der Waals surface area contributed by atoms with E-state index in [4.69, 9.17) is 22.1 Å². The zero-order valence-electron chi connectivity index (χ0n) is 6.07. The monoisotopic (exact) mass is 207 g/mol. The standard InChI is InChI=1S/C5H6ClN3O2S/c6-5-12(10,11)9(3-1-7)4-2-8/h3-5H2. The molecule has 0 aromatic rings. The molecule has 5 nitrogen and oxygen atoms in total. The van der Waals surface area contributed by atoms with Gasteiger partial charge in [0.15, 0.2) is 0 Å². The fourth-order valence-electron chi connectivity index (χ4n) is 0.479. The molecule has 0 N–H and O–H groups in total. The summed E-state index contributed by atoms with van der Waals surface area (Å²) >= 11 is 5.11. The molecule has 0 saturated carbocycles. The molecule has 0 fully saturated rings. The summed E-state index contributed by atoms with van der Waals surface area (Å²) in [5, 5.41) is 15.8. The van der Waals surface area contributed by atoms with Gasteiger partial charge in [0.1, 0.15) is 18.3 Å². The van der Waals surface area contributed by atoms with E-state index in [-0.39, 0.29) is 13.1 Å². The first-order chi connectivity index (χ1) is 5.58. The summed E-state index contributed by atoms with van der Waals surface area (Å²) in [5.74, 6) is 0. The van der Waals surface area contributed by atoms with E-state index in [9.17, 15) is 8.42 Å². The van der Waals surface area contributed by atoms with Gasteiger partial charge in [-0.25, -0.2) is 8.42 Å². The maximum absolute atomic E-state index is 11.0. The van der Waals surface area contributed by atoms with Gasteiger partial charge in [-0.3, -0.25) is 0 Å². The fourth-order valence-corrected chi connectivity index (χ4v) is 1.54. The number of alkyl halides is 1. The van der Waals surface area contributed by atoms with Crippen molar-refractivity contribution in [1.82, 2.24) is 4.31 Å². The minimum absolute atomic E-state index is 0.345. The Morgan fingerprint density at radius 2 is 1.67 bits per heavy atom. The lowest BCUT2D eigenvalue weighted by Crippen LogP contribution is -2.32. The topological polar surface area (TPSA) is 85.0 Å². The SMILES string of the molecule is N#CCN(CC#N)S(=O)(=O)CCl. The van der Waals surface area contributed by atoms with Crippen LogP contribution in [0.2, 0.25) is 0 Å². The van der Waals surface area contributed by atoms with Crippen LogP contribution in [0.4, 0.5) is 0 Å². The zero-order chi connectivity index (χ0) is 9.61. The van der Waals surface area contributed by atoms with Crippen molar-refractivity contribution in [2.45, 2.75) is 0 Å². The van der Waals surface area contributed by atoms with Crippen molar-refractivity contribution >= 4 is 21.6 Å². The van der Waals surface area contributed by atoms with E-state index in [1.54, 1.807) is 12.1 Å². The average Bonchev–Trinajstić information content (AvgIpc) is 2.04. The zero-order valence-corrected chi connectivity index (χ0v) is 7.64. The molecule has 0 aliphatic carbocycles. The lowest BCUT2D eigenvalue weighted by molar-refractivity contribution is 0.484. The normalized spacial score (nSPS) is 10.7. The van der Waals surface area contributed by atoms with Crippen molar-refractivity contribution in [3.63, 3.8) is 0 Å². The Labute approximate surface area is 75.8 Å². The molecule has 0 radical (unpaired) electrons. The van der Waals surface area contributed by atoms with Gasteiger partial charge in [0, 0.05) is 0 Å². The third kappa shape index (κ3) is 3.05. The molecule has 0 atom stereocenters. The number of hydrogen-bond acceptors (Lipinski definition) is 4. The molecule has 0 aromatic heterocycles. The molecule has 0 spiro atoms. The van der Waals surface area contributed by atoms with Crippen molar-refractivity contribution in [1.29, 1.82) is 10.5 Å². The molecular weight excluding hydrogens is 202 g/mol. The number of hydrogen-bond donors (Lipinski definition) is 0. The van der Waals surface area contributed by atoms with E-state index in [0.29, 0.717) is 0 Å². The smallest absolute Gasteiger partial charge is 0.211 e. The van der Waals surface area contributed by atoms with E-state index in [1.807, 2.05) is 0 Å². The Hall–Kier alpha value is -0.820. The number of halogens is 1. The summed E-state index contributed by atoms with van der Waals surface area (Å²) < 4.78 is 22.7.